The highest BCUT2D eigenvalue weighted by molar-refractivity contribution is 5.88. The third kappa shape index (κ3) is 2.59. The number of methoxy groups -OCH3 is 2. The molecule has 2 N–H and O–H groups in total. The smallest absolute Gasteiger partial charge is 0.356 e. The van der Waals surface area contributed by atoms with E-state index in [2.05, 4.69) is 14.7 Å². The van der Waals surface area contributed by atoms with Gasteiger partial charge in [0.05, 0.1) is 7.11 Å². The lowest BCUT2D eigenvalue weighted by Gasteiger charge is -2.15. The van der Waals surface area contributed by atoms with Gasteiger partial charge in [-0.1, -0.05) is 0 Å². The molecule has 0 saturated heterocycles. The minimum Gasteiger partial charge on any atom is -0.464 e. The Labute approximate surface area is 93.6 Å². The van der Waals surface area contributed by atoms with Gasteiger partial charge in [-0.2, -0.15) is 0 Å². The first-order valence-corrected chi connectivity index (χ1v) is 4.79. The summed E-state index contributed by atoms with van der Waals surface area (Å²) in [5.74, 6) is -0.0907. The van der Waals surface area contributed by atoms with E-state index in [1.165, 1.54) is 14.2 Å². The third-order valence-corrected chi connectivity index (χ3v) is 2.00. The van der Waals surface area contributed by atoms with Crippen molar-refractivity contribution in [2.75, 3.05) is 14.2 Å². The summed E-state index contributed by atoms with van der Waals surface area (Å²) in [6, 6.07) is 0. The second kappa shape index (κ2) is 4.63. The van der Waals surface area contributed by atoms with Crippen LogP contribution in [0.1, 0.15) is 35.9 Å². The number of aromatic amines is 1. The van der Waals surface area contributed by atoms with Crippen LogP contribution in [0, 0.1) is 0 Å². The highest BCUT2D eigenvalue weighted by atomic mass is 16.5. The van der Waals surface area contributed by atoms with E-state index in [4.69, 9.17) is 4.74 Å². The molecule has 1 aromatic heterocycles. The highest BCUT2D eigenvalue weighted by Gasteiger charge is 2.28. The van der Waals surface area contributed by atoms with Crippen molar-refractivity contribution in [3.63, 3.8) is 0 Å². The second-order valence-electron chi connectivity index (χ2n) is 3.89. The molecule has 0 radical (unpaired) electrons. The molecule has 0 aliphatic rings. The van der Waals surface area contributed by atoms with Gasteiger partial charge in [-0.3, -0.25) is 0 Å². The van der Waals surface area contributed by atoms with Crippen molar-refractivity contribution >= 4 is 5.97 Å². The van der Waals surface area contributed by atoms with E-state index in [0.29, 0.717) is 5.82 Å². The molecular formula is C10H16N2O4. The molecular weight excluding hydrogens is 212 g/mol. The summed E-state index contributed by atoms with van der Waals surface area (Å²) >= 11 is 0. The van der Waals surface area contributed by atoms with Crippen LogP contribution in [0.4, 0.5) is 0 Å². The first kappa shape index (κ1) is 12.7. The van der Waals surface area contributed by atoms with E-state index in [9.17, 15) is 9.90 Å². The van der Waals surface area contributed by atoms with Crippen molar-refractivity contribution in [1.82, 2.24) is 9.97 Å². The van der Waals surface area contributed by atoms with E-state index in [-0.39, 0.29) is 18.0 Å². The van der Waals surface area contributed by atoms with Gasteiger partial charge in [-0.25, -0.2) is 9.78 Å². The lowest BCUT2D eigenvalue weighted by atomic mass is 10.0. The Morgan fingerprint density at radius 3 is 2.56 bits per heavy atom. The zero-order valence-electron chi connectivity index (χ0n) is 9.83. The third-order valence-electron chi connectivity index (χ3n) is 2.00. The number of aliphatic hydroxyl groups is 1. The summed E-state index contributed by atoms with van der Waals surface area (Å²) in [6.45, 7) is 3.33. The van der Waals surface area contributed by atoms with Crippen LogP contribution < -0.4 is 0 Å². The van der Waals surface area contributed by atoms with Crippen LogP contribution in [0.15, 0.2) is 0 Å². The van der Waals surface area contributed by atoms with Crippen LogP contribution >= 0.6 is 0 Å². The van der Waals surface area contributed by atoms with E-state index < -0.39 is 11.6 Å². The fraction of sp³-hybridized carbons (Fsp3) is 0.600. The average Bonchev–Trinajstić information content (AvgIpc) is 2.61. The first-order valence-electron chi connectivity index (χ1n) is 4.79. The predicted octanol–water partition coefficient (Wildman–Crippen LogP) is 0.570. The number of esters is 1. The number of imidazole rings is 1. The SMILES string of the molecule is COCc1nc(C(C)(C)O)c(C(=O)OC)[nH]1. The van der Waals surface area contributed by atoms with Crippen molar-refractivity contribution in [2.45, 2.75) is 26.1 Å². The zero-order valence-corrected chi connectivity index (χ0v) is 9.83. The number of aromatic nitrogens is 2. The Hall–Kier alpha value is -1.40. The minimum atomic E-state index is -1.22. The van der Waals surface area contributed by atoms with Crippen LogP contribution in [0.2, 0.25) is 0 Å². The molecule has 0 bridgehead atoms. The van der Waals surface area contributed by atoms with Crippen molar-refractivity contribution < 1.29 is 19.4 Å². The van der Waals surface area contributed by atoms with Gasteiger partial charge < -0.3 is 19.6 Å². The van der Waals surface area contributed by atoms with Crippen molar-refractivity contribution in [3.05, 3.63) is 17.2 Å². The van der Waals surface area contributed by atoms with Gasteiger partial charge in [0, 0.05) is 7.11 Å². The number of nitrogens with one attached hydrogen (secondary N) is 1. The summed E-state index contributed by atoms with van der Waals surface area (Å²) in [6.07, 6.45) is 0. The van der Waals surface area contributed by atoms with Crippen LogP contribution in [0.25, 0.3) is 0 Å². The molecule has 1 aromatic rings. The second-order valence-corrected chi connectivity index (χ2v) is 3.89. The molecule has 0 atom stereocenters. The lowest BCUT2D eigenvalue weighted by molar-refractivity contribution is 0.0538. The molecule has 0 aromatic carbocycles. The van der Waals surface area contributed by atoms with E-state index in [1.54, 1.807) is 13.8 Å². The summed E-state index contributed by atoms with van der Waals surface area (Å²) < 4.78 is 9.50. The van der Waals surface area contributed by atoms with E-state index in [1.807, 2.05) is 0 Å². The highest BCUT2D eigenvalue weighted by Crippen LogP contribution is 2.22. The molecule has 90 valence electrons. The fourth-order valence-corrected chi connectivity index (χ4v) is 1.32. The lowest BCUT2D eigenvalue weighted by Crippen LogP contribution is -2.20. The van der Waals surface area contributed by atoms with Crippen LogP contribution in [-0.4, -0.2) is 35.3 Å². The van der Waals surface area contributed by atoms with Gasteiger partial charge in [0.15, 0.2) is 5.69 Å². The number of hydrogen-bond donors (Lipinski definition) is 2. The number of carbonyl (C=O) groups is 1. The molecule has 1 rings (SSSR count). The molecule has 0 amide bonds. The average molecular weight is 228 g/mol. The Morgan fingerprint density at radius 1 is 1.50 bits per heavy atom. The maximum Gasteiger partial charge on any atom is 0.356 e. The normalized spacial score (nSPS) is 11.6. The molecule has 0 saturated carbocycles. The number of ether oxygens (including phenoxy) is 2. The summed E-state index contributed by atoms with van der Waals surface area (Å²) in [4.78, 5) is 18.3. The van der Waals surface area contributed by atoms with Crippen molar-refractivity contribution in [3.8, 4) is 0 Å². The molecule has 0 spiro atoms. The van der Waals surface area contributed by atoms with Gasteiger partial charge >= 0.3 is 5.97 Å². The van der Waals surface area contributed by atoms with Crippen LogP contribution in [-0.2, 0) is 21.7 Å². The van der Waals surface area contributed by atoms with Gasteiger partial charge in [0.2, 0.25) is 0 Å². The molecule has 0 aliphatic carbocycles. The number of nitrogens with zero attached hydrogens (tertiary/aromatic N) is 1. The van der Waals surface area contributed by atoms with Crippen molar-refractivity contribution in [2.24, 2.45) is 0 Å². The Kier molecular flexibility index (Phi) is 3.66. The van der Waals surface area contributed by atoms with E-state index >= 15 is 0 Å². The van der Waals surface area contributed by atoms with Crippen LogP contribution in [0.3, 0.4) is 0 Å². The standard InChI is InChI=1S/C10H16N2O4/c1-10(2,14)8-7(9(13)16-4)11-6(12-8)5-15-3/h14H,5H2,1-4H3,(H,11,12). The summed E-state index contributed by atoms with van der Waals surface area (Å²) in [7, 11) is 2.79. The van der Waals surface area contributed by atoms with Crippen LogP contribution in [0.5, 0.6) is 0 Å². The topological polar surface area (TPSA) is 84.4 Å². The maximum absolute atomic E-state index is 11.5. The van der Waals surface area contributed by atoms with E-state index in [0.717, 1.165) is 0 Å². The molecule has 0 aliphatic heterocycles. The molecule has 0 fully saturated rings. The van der Waals surface area contributed by atoms with Gasteiger partial charge in [-0.05, 0) is 13.8 Å². The molecule has 6 nitrogen and oxygen atoms in total. The molecule has 1 heterocycles. The number of H-pyrrole nitrogens is 1. The fourth-order valence-electron chi connectivity index (χ4n) is 1.32. The zero-order chi connectivity index (χ0) is 12.3. The largest absolute Gasteiger partial charge is 0.464 e. The van der Waals surface area contributed by atoms with Gasteiger partial charge in [-0.15, -0.1) is 0 Å². The molecule has 0 unspecified atom stereocenters. The minimum absolute atomic E-state index is 0.155. The Morgan fingerprint density at radius 2 is 2.12 bits per heavy atom. The van der Waals surface area contributed by atoms with Gasteiger partial charge in [0.1, 0.15) is 23.7 Å². The molecule has 6 heteroatoms. The quantitative estimate of drug-likeness (QED) is 0.736. The number of hydrogen-bond acceptors (Lipinski definition) is 5. The summed E-state index contributed by atoms with van der Waals surface area (Å²) in [5, 5.41) is 9.86. The van der Waals surface area contributed by atoms with Crippen molar-refractivity contribution in [1.29, 1.82) is 0 Å². The number of carbonyl (C=O) groups excluding carboxylic acids is 1. The monoisotopic (exact) mass is 228 g/mol. The molecule has 16 heavy (non-hydrogen) atoms. The first-order chi connectivity index (χ1) is 7.40. The van der Waals surface area contributed by atoms with Gasteiger partial charge in [0.25, 0.3) is 0 Å². The Balaban J connectivity index is 3.18. The maximum atomic E-state index is 11.5. The number of rotatable bonds is 4. The predicted molar refractivity (Wildman–Crippen MR) is 55.9 cm³/mol. The Bertz CT molecular complexity index is 379. The summed E-state index contributed by atoms with van der Waals surface area (Å²) in [5.41, 5.74) is -0.806.